The summed E-state index contributed by atoms with van der Waals surface area (Å²) in [7, 11) is 1.81. The van der Waals surface area contributed by atoms with Crippen LogP contribution in [-0.4, -0.2) is 36.8 Å². The Balaban J connectivity index is 2.40. The highest BCUT2D eigenvalue weighted by atomic mass is 16.5. The van der Waals surface area contributed by atoms with Gasteiger partial charge < -0.3 is 15.4 Å². The highest BCUT2D eigenvalue weighted by Gasteiger charge is 2.01. The first-order valence-electron chi connectivity index (χ1n) is 5.61. The molecule has 0 fully saturated rings. The van der Waals surface area contributed by atoms with Gasteiger partial charge in [0.2, 0.25) is 5.95 Å². The van der Waals surface area contributed by atoms with Gasteiger partial charge in [0.1, 0.15) is 5.82 Å². The van der Waals surface area contributed by atoms with Gasteiger partial charge in [0.25, 0.3) is 0 Å². The van der Waals surface area contributed by atoms with E-state index in [9.17, 15) is 0 Å². The Morgan fingerprint density at radius 1 is 1.44 bits per heavy atom. The van der Waals surface area contributed by atoms with Crippen LogP contribution in [0.15, 0.2) is 6.20 Å². The summed E-state index contributed by atoms with van der Waals surface area (Å²) in [6, 6.07) is 0. The second-order valence-electron chi connectivity index (χ2n) is 3.45. The lowest BCUT2D eigenvalue weighted by atomic mass is 10.3. The Hall–Kier alpha value is -1.36. The lowest BCUT2D eigenvalue weighted by molar-refractivity contribution is 0.147. The zero-order valence-corrected chi connectivity index (χ0v) is 10.2. The zero-order chi connectivity index (χ0) is 11.8. The monoisotopic (exact) mass is 224 g/mol. The molecule has 5 heteroatoms. The van der Waals surface area contributed by atoms with Crippen molar-refractivity contribution in [2.24, 2.45) is 0 Å². The molecule has 2 N–H and O–H groups in total. The quantitative estimate of drug-likeness (QED) is 0.690. The second-order valence-corrected chi connectivity index (χ2v) is 3.45. The van der Waals surface area contributed by atoms with Crippen LogP contribution in [0.5, 0.6) is 0 Å². The molecule has 0 atom stereocenters. The minimum Gasteiger partial charge on any atom is -0.382 e. The van der Waals surface area contributed by atoms with Crippen LogP contribution < -0.4 is 10.6 Å². The smallest absolute Gasteiger partial charge is 0.224 e. The maximum Gasteiger partial charge on any atom is 0.224 e. The summed E-state index contributed by atoms with van der Waals surface area (Å²) < 4.78 is 5.26. The van der Waals surface area contributed by atoms with E-state index in [1.807, 2.05) is 27.1 Å². The fraction of sp³-hybridized carbons (Fsp3) is 0.636. The van der Waals surface area contributed by atoms with Crippen LogP contribution in [0, 0.1) is 6.92 Å². The molecule has 0 unspecified atom stereocenters. The molecule has 1 aromatic heterocycles. The SMILES string of the molecule is CCOCCCNc1nc(NC)ncc1C. The van der Waals surface area contributed by atoms with E-state index in [2.05, 4.69) is 20.6 Å². The van der Waals surface area contributed by atoms with Crippen LogP contribution in [0.1, 0.15) is 18.9 Å². The lowest BCUT2D eigenvalue weighted by Crippen LogP contribution is -2.09. The van der Waals surface area contributed by atoms with E-state index in [0.717, 1.165) is 37.6 Å². The molecule has 0 aliphatic heterocycles. The van der Waals surface area contributed by atoms with Crippen molar-refractivity contribution in [1.82, 2.24) is 9.97 Å². The van der Waals surface area contributed by atoms with Gasteiger partial charge in [-0.2, -0.15) is 4.98 Å². The fourth-order valence-corrected chi connectivity index (χ4v) is 1.27. The number of anilines is 2. The van der Waals surface area contributed by atoms with Gasteiger partial charge in [0.05, 0.1) is 0 Å². The molecule has 0 bridgehead atoms. The molecule has 0 aromatic carbocycles. The van der Waals surface area contributed by atoms with E-state index < -0.39 is 0 Å². The third-order valence-electron chi connectivity index (χ3n) is 2.16. The third-order valence-corrected chi connectivity index (χ3v) is 2.16. The van der Waals surface area contributed by atoms with Gasteiger partial charge in [-0.3, -0.25) is 0 Å². The minimum atomic E-state index is 0.637. The predicted octanol–water partition coefficient (Wildman–Crippen LogP) is 1.67. The summed E-state index contributed by atoms with van der Waals surface area (Å²) >= 11 is 0. The van der Waals surface area contributed by atoms with Crippen molar-refractivity contribution in [2.45, 2.75) is 20.3 Å². The summed E-state index contributed by atoms with van der Waals surface area (Å²) in [5.41, 5.74) is 1.05. The second kappa shape index (κ2) is 7.00. The van der Waals surface area contributed by atoms with Gasteiger partial charge in [-0.15, -0.1) is 0 Å². The van der Waals surface area contributed by atoms with Crippen molar-refractivity contribution in [3.63, 3.8) is 0 Å². The van der Waals surface area contributed by atoms with Gasteiger partial charge in [-0.1, -0.05) is 0 Å². The average Bonchev–Trinajstić information content (AvgIpc) is 2.31. The van der Waals surface area contributed by atoms with Crippen molar-refractivity contribution >= 4 is 11.8 Å². The van der Waals surface area contributed by atoms with Crippen molar-refractivity contribution in [1.29, 1.82) is 0 Å². The summed E-state index contributed by atoms with van der Waals surface area (Å²) in [4.78, 5) is 8.46. The molecule has 5 nitrogen and oxygen atoms in total. The van der Waals surface area contributed by atoms with Gasteiger partial charge >= 0.3 is 0 Å². The van der Waals surface area contributed by atoms with Gasteiger partial charge in [-0.25, -0.2) is 4.98 Å². The van der Waals surface area contributed by atoms with Crippen LogP contribution in [0.25, 0.3) is 0 Å². The van der Waals surface area contributed by atoms with Crippen LogP contribution in [0.3, 0.4) is 0 Å². The van der Waals surface area contributed by atoms with E-state index in [1.54, 1.807) is 0 Å². The van der Waals surface area contributed by atoms with Crippen LogP contribution >= 0.6 is 0 Å². The van der Waals surface area contributed by atoms with Crippen LogP contribution in [0.2, 0.25) is 0 Å². The first-order valence-corrected chi connectivity index (χ1v) is 5.61. The predicted molar refractivity (Wildman–Crippen MR) is 65.9 cm³/mol. The maximum atomic E-state index is 5.26. The molecule has 1 heterocycles. The van der Waals surface area contributed by atoms with Crippen molar-refractivity contribution < 1.29 is 4.74 Å². The van der Waals surface area contributed by atoms with E-state index >= 15 is 0 Å². The first kappa shape index (κ1) is 12.7. The molecule has 0 radical (unpaired) electrons. The highest BCUT2D eigenvalue weighted by Crippen LogP contribution is 2.11. The average molecular weight is 224 g/mol. The van der Waals surface area contributed by atoms with Crippen molar-refractivity contribution in [3.8, 4) is 0 Å². The first-order chi connectivity index (χ1) is 7.77. The largest absolute Gasteiger partial charge is 0.382 e. The molecule has 0 spiro atoms. The molecule has 0 aliphatic carbocycles. The van der Waals surface area contributed by atoms with E-state index in [4.69, 9.17) is 4.74 Å². The Bertz CT molecular complexity index is 317. The minimum absolute atomic E-state index is 0.637. The van der Waals surface area contributed by atoms with E-state index in [1.165, 1.54) is 0 Å². The summed E-state index contributed by atoms with van der Waals surface area (Å²) in [5, 5.41) is 6.19. The standard InChI is InChI=1S/C11H20N4O/c1-4-16-7-5-6-13-10-9(2)8-14-11(12-3)15-10/h8H,4-7H2,1-3H3,(H2,12,13,14,15). The van der Waals surface area contributed by atoms with Crippen LogP contribution in [0.4, 0.5) is 11.8 Å². The Kier molecular flexibility index (Phi) is 5.56. The number of rotatable bonds is 7. The number of nitrogens with zero attached hydrogens (tertiary/aromatic N) is 2. The maximum absolute atomic E-state index is 5.26. The molecule has 16 heavy (non-hydrogen) atoms. The van der Waals surface area contributed by atoms with Gasteiger partial charge in [0.15, 0.2) is 0 Å². The topological polar surface area (TPSA) is 59.1 Å². The molecule has 1 rings (SSSR count). The lowest BCUT2D eigenvalue weighted by Gasteiger charge is -2.09. The number of aromatic nitrogens is 2. The number of hydrogen-bond acceptors (Lipinski definition) is 5. The Morgan fingerprint density at radius 2 is 2.25 bits per heavy atom. The molecule has 0 saturated carbocycles. The van der Waals surface area contributed by atoms with Crippen molar-refractivity contribution in [3.05, 3.63) is 11.8 Å². The van der Waals surface area contributed by atoms with Gasteiger partial charge in [-0.05, 0) is 20.3 Å². The summed E-state index contributed by atoms with van der Waals surface area (Å²) in [6.07, 6.45) is 2.79. The Labute approximate surface area is 96.6 Å². The molecule has 0 amide bonds. The molecule has 90 valence electrons. The number of nitrogens with one attached hydrogen (secondary N) is 2. The number of ether oxygens (including phenoxy) is 1. The molecular weight excluding hydrogens is 204 g/mol. The highest BCUT2D eigenvalue weighted by molar-refractivity contribution is 5.46. The number of hydrogen-bond donors (Lipinski definition) is 2. The van der Waals surface area contributed by atoms with E-state index in [-0.39, 0.29) is 0 Å². The normalized spacial score (nSPS) is 10.2. The molecule has 1 aromatic rings. The third kappa shape index (κ3) is 4.02. The van der Waals surface area contributed by atoms with Crippen LogP contribution in [-0.2, 0) is 4.74 Å². The fourth-order valence-electron chi connectivity index (χ4n) is 1.27. The summed E-state index contributed by atoms with van der Waals surface area (Å²) in [6.45, 7) is 6.41. The number of aryl methyl sites for hydroxylation is 1. The Morgan fingerprint density at radius 3 is 2.94 bits per heavy atom. The molecular formula is C11H20N4O. The molecule has 0 saturated heterocycles. The summed E-state index contributed by atoms with van der Waals surface area (Å²) in [5.74, 6) is 1.52. The van der Waals surface area contributed by atoms with Crippen molar-refractivity contribution in [2.75, 3.05) is 37.4 Å². The molecule has 0 aliphatic rings. The van der Waals surface area contributed by atoms with E-state index in [0.29, 0.717) is 5.95 Å². The zero-order valence-electron chi connectivity index (χ0n) is 10.2. The van der Waals surface area contributed by atoms with Gasteiger partial charge in [0, 0.05) is 38.6 Å².